The number of rotatable bonds is 0. The molecule has 1 aliphatic rings. The number of hydrogen-bond donors (Lipinski definition) is 0. The van der Waals surface area contributed by atoms with Crippen molar-refractivity contribution in [3.8, 4) is 0 Å². The standard InChI is InChI=1S/C6H10I/c7-6-4-2-1-3-5-6/h1,6H,2-5H2. The van der Waals surface area contributed by atoms with E-state index in [9.17, 15) is 0 Å². The summed E-state index contributed by atoms with van der Waals surface area (Å²) in [5, 5.41) is 0. The van der Waals surface area contributed by atoms with Gasteiger partial charge in [-0.25, -0.2) is 0 Å². The van der Waals surface area contributed by atoms with Crippen molar-refractivity contribution in [2.75, 3.05) is 0 Å². The predicted molar refractivity (Wildman–Crippen MR) is 40.6 cm³/mol. The Bertz CT molecular complexity index is 46.1. The third-order valence-electron chi connectivity index (χ3n) is 1.37. The quantitative estimate of drug-likeness (QED) is 0.424. The van der Waals surface area contributed by atoms with Crippen LogP contribution in [0.25, 0.3) is 0 Å². The van der Waals surface area contributed by atoms with Crippen LogP contribution in [0.1, 0.15) is 25.7 Å². The summed E-state index contributed by atoms with van der Waals surface area (Å²) in [6.07, 6.45) is 7.94. The zero-order valence-corrected chi connectivity index (χ0v) is 6.52. The summed E-state index contributed by atoms with van der Waals surface area (Å²) in [4.78, 5) is 0. The Morgan fingerprint density at radius 1 is 1.29 bits per heavy atom. The molecule has 1 saturated carbocycles. The average Bonchev–Trinajstić information content (AvgIpc) is 1.69. The van der Waals surface area contributed by atoms with Crippen LogP contribution in [0.3, 0.4) is 0 Å². The van der Waals surface area contributed by atoms with Gasteiger partial charge in [0, 0.05) is 3.92 Å². The molecule has 0 unspecified atom stereocenters. The molecule has 0 nitrogen and oxygen atoms in total. The van der Waals surface area contributed by atoms with Crippen LogP contribution in [-0.2, 0) is 0 Å². The van der Waals surface area contributed by atoms with Crippen molar-refractivity contribution in [3.63, 3.8) is 0 Å². The molecule has 1 aliphatic carbocycles. The highest BCUT2D eigenvalue weighted by molar-refractivity contribution is 14.1. The van der Waals surface area contributed by atoms with Crippen molar-refractivity contribution in [3.05, 3.63) is 6.42 Å². The lowest BCUT2D eigenvalue weighted by Crippen LogP contribution is -2.03. The summed E-state index contributed by atoms with van der Waals surface area (Å²) in [6.45, 7) is 0. The van der Waals surface area contributed by atoms with Crippen molar-refractivity contribution in [1.29, 1.82) is 0 Å². The van der Waals surface area contributed by atoms with Crippen molar-refractivity contribution >= 4 is 22.6 Å². The molecule has 1 fully saturated rings. The first kappa shape index (κ1) is 5.86. The summed E-state index contributed by atoms with van der Waals surface area (Å²) < 4.78 is 0.975. The van der Waals surface area contributed by atoms with Gasteiger partial charge in [0.1, 0.15) is 0 Å². The Balaban J connectivity index is 2.12. The van der Waals surface area contributed by atoms with Gasteiger partial charge in [-0.05, 0) is 32.1 Å². The largest absolute Gasteiger partial charge is 0.0826 e. The molecule has 41 valence electrons. The van der Waals surface area contributed by atoms with E-state index in [1.54, 1.807) is 0 Å². The fourth-order valence-electron chi connectivity index (χ4n) is 0.886. The SMILES string of the molecule is IC1CC[CH]CC1. The molecule has 1 heteroatoms. The van der Waals surface area contributed by atoms with Crippen LogP contribution in [0.4, 0.5) is 0 Å². The van der Waals surface area contributed by atoms with Crippen molar-refractivity contribution < 1.29 is 0 Å². The van der Waals surface area contributed by atoms with E-state index in [0.29, 0.717) is 0 Å². The monoisotopic (exact) mass is 209 g/mol. The van der Waals surface area contributed by atoms with Gasteiger partial charge in [0.2, 0.25) is 0 Å². The molecule has 0 bridgehead atoms. The maximum Gasteiger partial charge on any atom is 0.0110 e. The molecule has 7 heavy (non-hydrogen) atoms. The zero-order valence-electron chi connectivity index (χ0n) is 4.36. The maximum absolute atomic E-state index is 2.54. The van der Waals surface area contributed by atoms with E-state index in [-0.39, 0.29) is 0 Å². The molecule has 0 heterocycles. The molecule has 1 rings (SSSR count). The second kappa shape index (κ2) is 2.90. The Labute approximate surface area is 58.8 Å². The third-order valence-corrected chi connectivity index (χ3v) is 2.61. The highest BCUT2D eigenvalue weighted by Crippen LogP contribution is 2.22. The topological polar surface area (TPSA) is 0 Å². The first-order valence-electron chi connectivity index (χ1n) is 2.85. The van der Waals surface area contributed by atoms with Gasteiger partial charge in [0.25, 0.3) is 0 Å². The summed E-state index contributed by atoms with van der Waals surface area (Å²) in [6, 6.07) is 0. The molecule has 0 N–H and O–H groups in total. The summed E-state index contributed by atoms with van der Waals surface area (Å²) in [5.74, 6) is 0. The van der Waals surface area contributed by atoms with E-state index in [2.05, 4.69) is 29.0 Å². The first-order chi connectivity index (χ1) is 3.39. The highest BCUT2D eigenvalue weighted by atomic mass is 127. The average molecular weight is 209 g/mol. The molecule has 0 atom stereocenters. The molecule has 0 amide bonds. The Hall–Kier alpha value is 0.730. The summed E-state index contributed by atoms with van der Waals surface area (Å²) in [5.41, 5.74) is 0. The second-order valence-corrected chi connectivity index (χ2v) is 3.80. The Morgan fingerprint density at radius 3 is 2.14 bits per heavy atom. The van der Waals surface area contributed by atoms with Crippen LogP contribution < -0.4 is 0 Å². The molecule has 0 aromatic heterocycles. The van der Waals surface area contributed by atoms with Crippen molar-refractivity contribution in [2.45, 2.75) is 29.6 Å². The summed E-state index contributed by atoms with van der Waals surface area (Å²) in [7, 11) is 0. The molecule has 0 aromatic rings. The molecule has 0 aromatic carbocycles. The number of hydrogen-bond acceptors (Lipinski definition) is 0. The van der Waals surface area contributed by atoms with Gasteiger partial charge in [-0.1, -0.05) is 22.6 Å². The van der Waals surface area contributed by atoms with Gasteiger partial charge in [-0.3, -0.25) is 0 Å². The van der Waals surface area contributed by atoms with Gasteiger partial charge in [-0.2, -0.15) is 0 Å². The van der Waals surface area contributed by atoms with Crippen molar-refractivity contribution in [1.82, 2.24) is 0 Å². The lowest BCUT2D eigenvalue weighted by atomic mass is 10.0. The second-order valence-electron chi connectivity index (χ2n) is 2.04. The fourth-order valence-corrected chi connectivity index (χ4v) is 1.61. The van der Waals surface area contributed by atoms with Gasteiger partial charge in [-0.15, -0.1) is 0 Å². The minimum atomic E-state index is 0.975. The maximum atomic E-state index is 2.54. The van der Waals surface area contributed by atoms with E-state index >= 15 is 0 Å². The van der Waals surface area contributed by atoms with E-state index in [1.807, 2.05) is 0 Å². The van der Waals surface area contributed by atoms with Crippen LogP contribution in [0, 0.1) is 6.42 Å². The van der Waals surface area contributed by atoms with Crippen molar-refractivity contribution in [2.24, 2.45) is 0 Å². The lowest BCUT2D eigenvalue weighted by molar-refractivity contribution is 0.624. The van der Waals surface area contributed by atoms with Gasteiger partial charge in [0.05, 0.1) is 0 Å². The Morgan fingerprint density at radius 2 is 1.86 bits per heavy atom. The summed E-state index contributed by atoms with van der Waals surface area (Å²) >= 11 is 2.54. The third kappa shape index (κ3) is 1.98. The minimum absolute atomic E-state index is 0.975. The number of alkyl halides is 1. The van der Waals surface area contributed by atoms with Gasteiger partial charge < -0.3 is 0 Å². The van der Waals surface area contributed by atoms with Crippen LogP contribution in [0.2, 0.25) is 0 Å². The molecule has 0 aliphatic heterocycles. The smallest absolute Gasteiger partial charge is 0.0110 e. The van der Waals surface area contributed by atoms with Crippen LogP contribution >= 0.6 is 22.6 Å². The first-order valence-corrected chi connectivity index (χ1v) is 4.10. The number of halogens is 1. The minimum Gasteiger partial charge on any atom is -0.0826 e. The zero-order chi connectivity index (χ0) is 5.11. The lowest BCUT2D eigenvalue weighted by Gasteiger charge is -2.13. The van der Waals surface area contributed by atoms with E-state index < -0.39 is 0 Å². The van der Waals surface area contributed by atoms with Gasteiger partial charge >= 0.3 is 0 Å². The molecule has 0 saturated heterocycles. The molecular formula is C6H10I. The normalized spacial score (nSPS) is 25.3. The molecule has 1 radical (unpaired) electrons. The van der Waals surface area contributed by atoms with Crippen LogP contribution in [0.5, 0.6) is 0 Å². The Kier molecular flexibility index (Phi) is 2.43. The molecular weight excluding hydrogens is 199 g/mol. The fraction of sp³-hybridized carbons (Fsp3) is 0.833. The molecule has 0 spiro atoms. The van der Waals surface area contributed by atoms with Crippen LogP contribution in [0.15, 0.2) is 0 Å². The van der Waals surface area contributed by atoms with E-state index in [0.717, 1.165) is 3.92 Å². The van der Waals surface area contributed by atoms with E-state index in [1.165, 1.54) is 25.7 Å². The highest BCUT2D eigenvalue weighted by Gasteiger charge is 2.07. The van der Waals surface area contributed by atoms with E-state index in [4.69, 9.17) is 0 Å². The predicted octanol–water partition coefficient (Wildman–Crippen LogP) is 2.57. The van der Waals surface area contributed by atoms with Gasteiger partial charge in [0.15, 0.2) is 0 Å². The van der Waals surface area contributed by atoms with Crippen LogP contribution in [-0.4, -0.2) is 3.92 Å².